The average Bonchev–Trinajstić information content (AvgIpc) is 3.56. The minimum atomic E-state index is -0.340. The van der Waals surface area contributed by atoms with Crippen LogP contribution in [0.2, 0.25) is 10.0 Å². The second-order valence-corrected chi connectivity index (χ2v) is 12.9. The highest BCUT2D eigenvalue weighted by Crippen LogP contribution is 2.69. The summed E-state index contributed by atoms with van der Waals surface area (Å²) < 4.78 is 0. The number of halogens is 2. The highest BCUT2D eigenvalue weighted by molar-refractivity contribution is 8.00. The van der Waals surface area contributed by atoms with E-state index in [1.165, 1.54) is 16.2 Å². The standard InChI is InChI=1S/C26H20Cl2N2O3S2/c1-10-5-7-11(8-6-10)30-24(31)18-13-9-14(19(18)25(30)32)21-17(13)16(12-3-2-4-15(27)20(12)28)22-23(34-21)29-26(33)35-22/h2-8,13-14,16-19,21H,9H2,1H3,(H,29,33)/t13-,14-,16?,17?,18?,19?,21?/m1/s1. The molecule has 1 aromatic heterocycles. The number of aromatic amines is 1. The van der Waals surface area contributed by atoms with E-state index < -0.39 is 0 Å². The summed E-state index contributed by atoms with van der Waals surface area (Å²) in [6, 6.07) is 13.2. The Morgan fingerprint density at radius 3 is 2.43 bits per heavy atom. The number of anilines is 1. The van der Waals surface area contributed by atoms with Gasteiger partial charge in [0.15, 0.2) is 0 Å². The number of carbonyl (C=O) groups excluding carboxylic acids is 2. The molecule has 35 heavy (non-hydrogen) atoms. The fourth-order valence-corrected chi connectivity index (χ4v) is 10.4. The van der Waals surface area contributed by atoms with Gasteiger partial charge >= 0.3 is 4.87 Å². The Balaban J connectivity index is 1.35. The van der Waals surface area contributed by atoms with E-state index in [0.29, 0.717) is 15.7 Å². The van der Waals surface area contributed by atoms with Crippen LogP contribution >= 0.6 is 46.3 Å². The highest BCUT2D eigenvalue weighted by atomic mass is 35.5. The molecule has 178 valence electrons. The van der Waals surface area contributed by atoms with Crippen LogP contribution < -0.4 is 9.77 Å². The predicted octanol–water partition coefficient (Wildman–Crippen LogP) is 5.73. The van der Waals surface area contributed by atoms with E-state index in [-0.39, 0.29) is 57.4 Å². The van der Waals surface area contributed by atoms with Gasteiger partial charge in [0, 0.05) is 16.0 Å². The maximum atomic E-state index is 13.8. The topological polar surface area (TPSA) is 70.2 Å². The molecule has 7 rings (SSSR count). The van der Waals surface area contributed by atoms with Gasteiger partial charge in [-0.15, -0.1) is 11.8 Å². The van der Waals surface area contributed by atoms with Gasteiger partial charge in [-0.25, -0.2) is 0 Å². The summed E-state index contributed by atoms with van der Waals surface area (Å²) in [4.78, 5) is 45.1. The number of aromatic nitrogens is 1. The zero-order valence-corrected chi connectivity index (χ0v) is 21.7. The second kappa shape index (κ2) is 7.72. The quantitative estimate of drug-likeness (QED) is 0.420. The lowest BCUT2D eigenvalue weighted by Crippen LogP contribution is -2.42. The molecule has 2 aliphatic heterocycles. The minimum Gasteiger partial charge on any atom is -0.307 e. The number of amides is 2. The van der Waals surface area contributed by atoms with Gasteiger partial charge in [-0.05, 0) is 54.9 Å². The molecule has 2 aliphatic carbocycles. The van der Waals surface area contributed by atoms with Gasteiger partial charge in [0.1, 0.15) is 0 Å². The molecule has 3 fully saturated rings. The zero-order chi connectivity index (χ0) is 24.2. The average molecular weight is 543 g/mol. The number of hydrogen-bond acceptors (Lipinski definition) is 5. The van der Waals surface area contributed by atoms with Crippen molar-refractivity contribution < 1.29 is 9.59 Å². The third-order valence-corrected chi connectivity index (χ3v) is 11.8. The molecule has 1 saturated heterocycles. The first-order chi connectivity index (χ1) is 16.8. The molecule has 3 heterocycles. The summed E-state index contributed by atoms with van der Waals surface area (Å²) in [7, 11) is 0. The summed E-state index contributed by atoms with van der Waals surface area (Å²) in [6.07, 6.45) is 0.838. The Morgan fingerprint density at radius 1 is 0.971 bits per heavy atom. The Bertz CT molecular complexity index is 1470. The van der Waals surface area contributed by atoms with Gasteiger partial charge in [0.2, 0.25) is 11.8 Å². The molecule has 9 heteroatoms. The van der Waals surface area contributed by atoms with E-state index in [2.05, 4.69) is 4.98 Å². The van der Waals surface area contributed by atoms with Gasteiger partial charge in [0.05, 0.1) is 32.6 Å². The van der Waals surface area contributed by atoms with Crippen molar-refractivity contribution in [2.45, 2.75) is 29.5 Å². The molecule has 7 atom stereocenters. The molecule has 2 amide bonds. The molecule has 1 N–H and O–H groups in total. The van der Waals surface area contributed by atoms with Crippen molar-refractivity contribution in [3.63, 3.8) is 0 Å². The Labute approximate surface area is 219 Å². The second-order valence-electron chi connectivity index (χ2n) is 9.95. The number of thiazole rings is 1. The van der Waals surface area contributed by atoms with E-state index >= 15 is 0 Å². The number of imide groups is 1. The smallest absolute Gasteiger partial charge is 0.305 e. The lowest BCUT2D eigenvalue weighted by atomic mass is 9.68. The SMILES string of the molecule is Cc1ccc(N2C(=O)C3C(C2=O)[C@@H]2C[C@H]3C3Sc4[nH]c(=O)sc4C(c4cccc(Cl)c4Cl)C32)cc1. The van der Waals surface area contributed by atoms with Crippen molar-refractivity contribution in [3.05, 3.63) is 78.2 Å². The van der Waals surface area contributed by atoms with E-state index in [9.17, 15) is 14.4 Å². The van der Waals surface area contributed by atoms with Crippen LogP contribution in [0.15, 0.2) is 52.3 Å². The molecule has 0 spiro atoms. The normalized spacial score (nSPS) is 32.7. The third kappa shape index (κ3) is 2.98. The van der Waals surface area contributed by atoms with Crippen LogP contribution in [0.1, 0.15) is 28.3 Å². The number of carbonyl (C=O) groups is 2. The summed E-state index contributed by atoms with van der Waals surface area (Å²) >= 11 is 16.0. The number of nitrogens with zero attached hydrogens (tertiary/aromatic N) is 1. The van der Waals surface area contributed by atoms with Gasteiger partial charge in [-0.1, -0.05) is 64.4 Å². The van der Waals surface area contributed by atoms with Crippen LogP contribution in [0.25, 0.3) is 0 Å². The van der Waals surface area contributed by atoms with Crippen molar-refractivity contribution in [2.75, 3.05) is 4.90 Å². The fourth-order valence-electron chi connectivity index (χ4n) is 7.07. The van der Waals surface area contributed by atoms with Crippen LogP contribution in [0.5, 0.6) is 0 Å². The number of hydrogen-bond donors (Lipinski definition) is 1. The van der Waals surface area contributed by atoms with Crippen LogP contribution in [0.4, 0.5) is 5.69 Å². The van der Waals surface area contributed by atoms with Crippen molar-refractivity contribution in [2.24, 2.45) is 29.6 Å². The molecule has 2 aromatic carbocycles. The molecule has 2 saturated carbocycles. The van der Waals surface area contributed by atoms with Crippen molar-refractivity contribution in [1.82, 2.24) is 4.98 Å². The Morgan fingerprint density at radius 2 is 1.69 bits per heavy atom. The van der Waals surface area contributed by atoms with E-state index in [1.807, 2.05) is 43.3 Å². The van der Waals surface area contributed by atoms with Crippen LogP contribution in [-0.2, 0) is 9.59 Å². The van der Waals surface area contributed by atoms with Gasteiger partial charge in [0.25, 0.3) is 0 Å². The summed E-state index contributed by atoms with van der Waals surface area (Å²) in [5.41, 5.74) is 2.62. The molecule has 5 unspecified atom stereocenters. The van der Waals surface area contributed by atoms with E-state index in [4.69, 9.17) is 23.2 Å². The monoisotopic (exact) mass is 542 g/mol. The van der Waals surface area contributed by atoms with E-state index in [0.717, 1.165) is 27.5 Å². The summed E-state index contributed by atoms with van der Waals surface area (Å²) in [6.45, 7) is 1.98. The number of fused-ring (bicyclic) bond motifs is 9. The van der Waals surface area contributed by atoms with Crippen LogP contribution in [0.3, 0.4) is 0 Å². The van der Waals surface area contributed by atoms with Gasteiger partial charge in [-0.3, -0.25) is 19.3 Å². The highest BCUT2D eigenvalue weighted by Gasteiger charge is 2.69. The number of thioether (sulfide) groups is 1. The molecular weight excluding hydrogens is 523 g/mol. The van der Waals surface area contributed by atoms with Crippen molar-refractivity contribution >= 4 is 63.8 Å². The van der Waals surface area contributed by atoms with Gasteiger partial charge in [-0.2, -0.15) is 0 Å². The summed E-state index contributed by atoms with van der Waals surface area (Å²) in [5.74, 6) is -0.766. The number of benzene rings is 2. The lowest BCUT2D eigenvalue weighted by Gasteiger charge is -2.43. The first-order valence-electron chi connectivity index (χ1n) is 11.6. The lowest BCUT2D eigenvalue weighted by molar-refractivity contribution is -0.123. The van der Waals surface area contributed by atoms with Crippen LogP contribution in [-0.4, -0.2) is 22.0 Å². The third-order valence-electron chi connectivity index (χ3n) is 8.33. The van der Waals surface area contributed by atoms with Crippen LogP contribution in [0, 0.1) is 36.5 Å². The molecule has 0 radical (unpaired) electrons. The fraction of sp³-hybridized carbons (Fsp3) is 0.346. The largest absolute Gasteiger partial charge is 0.307 e. The Hall–Kier alpha value is -2.06. The van der Waals surface area contributed by atoms with Gasteiger partial charge < -0.3 is 4.98 Å². The Kier molecular flexibility index (Phi) is 4.89. The molecule has 3 aromatic rings. The number of nitrogens with one attached hydrogen (secondary N) is 1. The predicted molar refractivity (Wildman–Crippen MR) is 139 cm³/mol. The molecule has 4 aliphatic rings. The van der Waals surface area contributed by atoms with Crippen molar-refractivity contribution in [3.8, 4) is 0 Å². The zero-order valence-electron chi connectivity index (χ0n) is 18.5. The number of rotatable bonds is 2. The van der Waals surface area contributed by atoms with Crippen molar-refractivity contribution in [1.29, 1.82) is 0 Å². The molecule has 2 bridgehead atoms. The minimum absolute atomic E-state index is 0.0415. The summed E-state index contributed by atoms with van der Waals surface area (Å²) in [5, 5.41) is 1.94. The number of H-pyrrole nitrogens is 1. The van der Waals surface area contributed by atoms with E-state index in [1.54, 1.807) is 17.8 Å². The molecular formula is C26H20Cl2N2O3S2. The first-order valence-corrected chi connectivity index (χ1v) is 14.1. The molecule has 5 nitrogen and oxygen atoms in total. The maximum Gasteiger partial charge on any atom is 0.305 e. The number of aryl methyl sites for hydroxylation is 1. The first kappa shape index (κ1) is 22.2. The maximum absolute atomic E-state index is 13.8.